The van der Waals surface area contributed by atoms with Gasteiger partial charge in [-0.15, -0.1) is 11.8 Å². The Hall–Kier alpha value is -1.26. The van der Waals surface area contributed by atoms with Crippen LogP contribution in [0.3, 0.4) is 0 Å². The zero-order valence-electron chi connectivity index (χ0n) is 12.7. The van der Waals surface area contributed by atoms with Gasteiger partial charge in [0.25, 0.3) is 0 Å². The first kappa shape index (κ1) is 14.7. The Labute approximate surface area is 131 Å². The molecule has 2 heterocycles. The predicted octanol–water partition coefficient (Wildman–Crippen LogP) is 3.22. The number of fused-ring (bicyclic) bond motifs is 1. The Morgan fingerprint density at radius 2 is 2.29 bits per heavy atom. The maximum Gasteiger partial charge on any atom is 0.0522 e. The molecule has 0 spiro atoms. The molecule has 2 unspecified atom stereocenters. The molecule has 1 aromatic heterocycles. The molecule has 0 saturated heterocycles. The lowest BCUT2D eigenvalue weighted by Crippen LogP contribution is -2.37. The molecule has 3 rings (SSSR count). The van der Waals surface area contributed by atoms with E-state index >= 15 is 0 Å². The van der Waals surface area contributed by atoms with E-state index in [-0.39, 0.29) is 0 Å². The molecule has 3 nitrogen and oxygen atoms in total. The van der Waals surface area contributed by atoms with Crippen molar-refractivity contribution in [2.75, 3.05) is 12.3 Å². The summed E-state index contributed by atoms with van der Waals surface area (Å²) in [5.41, 5.74) is 2.83. The number of aryl methyl sites for hydroxylation is 1. The Morgan fingerprint density at radius 1 is 1.43 bits per heavy atom. The fraction of sp³-hybridized carbons (Fsp3) is 0.471. The van der Waals surface area contributed by atoms with Crippen molar-refractivity contribution in [1.82, 2.24) is 15.1 Å². The minimum absolute atomic E-state index is 0.491. The lowest BCUT2D eigenvalue weighted by atomic mass is 9.89. The summed E-state index contributed by atoms with van der Waals surface area (Å²) in [5, 5.41) is 8.06. The van der Waals surface area contributed by atoms with Gasteiger partial charge < -0.3 is 5.32 Å². The molecule has 21 heavy (non-hydrogen) atoms. The van der Waals surface area contributed by atoms with E-state index in [1.165, 1.54) is 28.2 Å². The van der Waals surface area contributed by atoms with Crippen LogP contribution in [0.1, 0.15) is 30.4 Å². The van der Waals surface area contributed by atoms with Crippen LogP contribution in [0.4, 0.5) is 0 Å². The molecule has 4 heteroatoms. The standard InChI is InChI=1S/C17H23N3S/c1-3-8-18-16(9-13-10-19-20(2)11-13)15-12-21-17-7-5-4-6-14(15)17/h4-7,10-11,15-16,18H,3,8-9,12H2,1-2H3. The number of thioether (sulfide) groups is 1. The number of rotatable bonds is 6. The zero-order valence-corrected chi connectivity index (χ0v) is 13.6. The van der Waals surface area contributed by atoms with Gasteiger partial charge in [0.1, 0.15) is 0 Å². The minimum atomic E-state index is 0.491. The molecule has 1 N–H and O–H groups in total. The predicted molar refractivity (Wildman–Crippen MR) is 88.9 cm³/mol. The van der Waals surface area contributed by atoms with Crippen LogP contribution in [-0.4, -0.2) is 28.1 Å². The van der Waals surface area contributed by atoms with Crippen molar-refractivity contribution >= 4 is 11.8 Å². The summed E-state index contributed by atoms with van der Waals surface area (Å²) < 4.78 is 1.89. The Kier molecular flexibility index (Phi) is 4.66. The van der Waals surface area contributed by atoms with Gasteiger partial charge in [-0.05, 0) is 36.6 Å². The highest BCUT2D eigenvalue weighted by molar-refractivity contribution is 7.99. The smallest absolute Gasteiger partial charge is 0.0522 e. The third-order valence-electron chi connectivity index (χ3n) is 4.09. The summed E-state index contributed by atoms with van der Waals surface area (Å²) in [6, 6.07) is 9.35. The highest BCUT2D eigenvalue weighted by Crippen LogP contribution is 2.41. The molecule has 2 aromatic rings. The van der Waals surface area contributed by atoms with Gasteiger partial charge in [0.05, 0.1) is 6.20 Å². The number of hydrogen-bond donors (Lipinski definition) is 1. The van der Waals surface area contributed by atoms with Gasteiger partial charge in [0.15, 0.2) is 0 Å². The molecule has 0 aliphatic carbocycles. The summed E-state index contributed by atoms with van der Waals surface area (Å²) in [5.74, 6) is 1.78. The zero-order chi connectivity index (χ0) is 14.7. The average Bonchev–Trinajstić information content (AvgIpc) is 3.09. The fourth-order valence-corrected chi connectivity index (χ4v) is 4.37. The van der Waals surface area contributed by atoms with Crippen LogP contribution in [0.15, 0.2) is 41.6 Å². The molecule has 0 radical (unpaired) electrons. The topological polar surface area (TPSA) is 29.9 Å². The van der Waals surface area contributed by atoms with Gasteiger partial charge in [0, 0.05) is 35.9 Å². The number of hydrogen-bond acceptors (Lipinski definition) is 3. The van der Waals surface area contributed by atoms with Crippen LogP contribution in [0, 0.1) is 0 Å². The highest BCUT2D eigenvalue weighted by atomic mass is 32.2. The number of aromatic nitrogens is 2. The van der Waals surface area contributed by atoms with Gasteiger partial charge in [-0.1, -0.05) is 25.1 Å². The molecular weight excluding hydrogens is 278 g/mol. The van der Waals surface area contributed by atoms with Gasteiger partial charge >= 0.3 is 0 Å². The van der Waals surface area contributed by atoms with E-state index in [0.29, 0.717) is 12.0 Å². The molecule has 1 aliphatic heterocycles. The van der Waals surface area contributed by atoms with Crippen molar-refractivity contribution in [3.8, 4) is 0 Å². The third-order valence-corrected chi connectivity index (χ3v) is 5.30. The molecule has 0 fully saturated rings. The van der Waals surface area contributed by atoms with Crippen molar-refractivity contribution in [3.63, 3.8) is 0 Å². The lowest BCUT2D eigenvalue weighted by Gasteiger charge is -2.25. The second-order valence-electron chi connectivity index (χ2n) is 5.74. The molecule has 1 aliphatic rings. The first-order valence-electron chi connectivity index (χ1n) is 7.70. The highest BCUT2D eigenvalue weighted by Gasteiger charge is 2.30. The summed E-state index contributed by atoms with van der Waals surface area (Å²) in [6.07, 6.45) is 6.35. The molecule has 112 valence electrons. The van der Waals surface area contributed by atoms with Gasteiger partial charge in [-0.25, -0.2) is 0 Å². The summed E-state index contributed by atoms with van der Waals surface area (Å²) >= 11 is 1.99. The molecule has 2 atom stereocenters. The van der Waals surface area contributed by atoms with Crippen LogP contribution in [0.25, 0.3) is 0 Å². The van der Waals surface area contributed by atoms with Crippen molar-refractivity contribution in [2.45, 2.75) is 36.6 Å². The van der Waals surface area contributed by atoms with Crippen LogP contribution in [-0.2, 0) is 13.5 Å². The fourth-order valence-electron chi connectivity index (χ4n) is 3.04. The van der Waals surface area contributed by atoms with Crippen molar-refractivity contribution in [1.29, 1.82) is 0 Å². The van der Waals surface area contributed by atoms with Crippen molar-refractivity contribution in [3.05, 3.63) is 47.8 Å². The summed E-state index contributed by atoms with van der Waals surface area (Å²) in [7, 11) is 1.98. The quantitative estimate of drug-likeness (QED) is 0.888. The SMILES string of the molecule is CCCNC(Cc1cnn(C)c1)C1CSc2ccccc21. The number of nitrogens with one attached hydrogen (secondary N) is 1. The van der Waals surface area contributed by atoms with E-state index in [1.54, 1.807) is 0 Å². The van der Waals surface area contributed by atoms with Crippen LogP contribution in [0.2, 0.25) is 0 Å². The average molecular weight is 301 g/mol. The maximum atomic E-state index is 4.30. The van der Waals surface area contributed by atoms with Crippen molar-refractivity contribution < 1.29 is 0 Å². The first-order chi connectivity index (χ1) is 10.3. The van der Waals surface area contributed by atoms with Crippen molar-refractivity contribution in [2.24, 2.45) is 7.05 Å². The summed E-state index contributed by atoms with van der Waals surface area (Å²) in [6.45, 7) is 3.31. The second kappa shape index (κ2) is 6.67. The second-order valence-corrected chi connectivity index (χ2v) is 6.80. The van der Waals surface area contributed by atoms with Crippen LogP contribution < -0.4 is 5.32 Å². The monoisotopic (exact) mass is 301 g/mol. The van der Waals surface area contributed by atoms with E-state index in [2.05, 4.69) is 47.8 Å². The number of benzene rings is 1. The van der Waals surface area contributed by atoms with Crippen LogP contribution >= 0.6 is 11.8 Å². The molecule has 0 bridgehead atoms. The largest absolute Gasteiger partial charge is 0.313 e. The van der Waals surface area contributed by atoms with Gasteiger partial charge in [0.2, 0.25) is 0 Å². The third kappa shape index (κ3) is 3.33. The van der Waals surface area contributed by atoms with Crippen LogP contribution in [0.5, 0.6) is 0 Å². The van der Waals surface area contributed by atoms with E-state index in [0.717, 1.165) is 13.0 Å². The van der Waals surface area contributed by atoms with Gasteiger partial charge in [-0.3, -0.25) is 4.68 Å². The number of nitrogens with zero attached hydrogens (tertiary/aromatic N) is 2. The summed E-state index contributed by atoms with van der Waals surface area (Å²) in [4.78, 5) is 1.46. The molecular formula is C17H23N3S. The Morgan fingerprint density at radius 3 is 3.05 bits per heavy atom. The Balaban J connectivity index is 1.79. The van der Waals surface area contributed by atoms with E-state index in [4.69, 9.17) is 0 Å². The maximum absolute atomic E-state index is 4.30. The molecule has 1 aromatic carbocycles. The van der Waals surface area contributed by atoms with E-state index < -0.39 is 0 Å². The molecule has 0 amide bonds. The van der Waals surface area contributed by atoms with Gasteiger partial charge in [-0.2, -0.15) is 5.10 Å². The molecule has 0 saturated carbocycles. The Bertz CT molecular complexity index is 593. The minimum Gasteiger partial charge on any atom is -0.313 e. The van der Waals surface area contributed by atoms with E-state index in [9.17, 15) is 0 Å². The lowest BCUT2D eigenvalue weighted by molar-refractivity contribution is 0.451. The normalized spacial score (nSPS) is 18.7. The van der Waals surface area contributed by atoms with E-state index in [1.807, 2.05) is 29.7 Å². The first-order valence-corrected chi connectivity index (χ1v) is 8.69.